The Labute approximate surface area is 147 Å². The van der Waals surface area contributed by atoms with Crippen molar-refractivity contribution in [1.29, 1.82) is 0 Å². The van der Waals surface area contributed by atoms with Crippen LogP contribution in [0.1, 0.15) is 19.8 Å². The van der Waals surface area contributed by atoms with Gasteiger partial charge in [-0.1, -0.05) is 6.07 Å². The van der Waals surface area contributed by atoms with Crippen molar-refractivity contribution in [3.63, 3.8) is 0 Å². The van der Waals surface area contributed by atoms with Gasteiger partial charge in [-0.2, -0.15) is 0 Å². The summed E-state index contributed by atoms with van der Waals surface area (Å²) in [6.07, 6.45) is 3.52. The van der Waals surface area contributed by atoms with E-state index in [0.717, 1.165) is 35.2 Å². The van der Waals surface area contributed by atoms with E-state index in [1.54, 1.807) is 13.3 Å². The molecule has 0 spiro atoms. The predicted molar refractivity (Wildman–Crippen MR) is 99.1 cm³/mol. The minimum Gasteiger partial charge on any atom is -0.497 e. The van der Waals surface area contributed by atoms with Crippen LogP contribution in [0.15, 0.2) is 30.5 Å². The molecule has 0 aliphatic heterocycles. The van der Waals surface area contributed by atoms with Gasteiger partial charge >= 0.3 is 6.03 Å². The zero-order valence-corrected chi connectivity index (χ0v) is 14.7. The molecule has 0 fully saturated rings. The number of carbonyl (C=O) groups excluding carboxylic acids is 1. The van der Waals surface area contributed by atoms with Crippen LogP contribution in [0.4, 0.5) is 10.5 Å². The molecule has 0 radical (unpaired) electrons. The summed E-state index contributed by atoms with van der Waals surface area (Å²) in [4.78, 5) is 15.8. The number of methoxy groups -OCH3 is 1. The van der Waals surface area contributed by atoms with Gasteiger partial charge in [0, 0.05) is 36.8 Å². The molecule has 1 unspecified atom stereocenters. The number of pyridine rings is 1. The second-order valence-electron chi connectivity index (χ2n) is 5.84. The summed E-state index contributed by atoms with van der Waals surface area (Å²) in [5.41, 5.74) is 1.85. The first-order valence-corrected chi connectivity index (χ1v) is 8.46. The minimum atomic E-state index is -0.252. The fraction of sp³-hybridized carbons (Fsp3) is 0.444. The van der Waals surface area contributed by atoms with E-state index >= 15 is 0 Å². The standard InChI is InChI=1S/C18H26N4O3/c1-13(5-3-8-20-18(24)21-9-10-23)22-16-12-15(25-2)11-14-6-4-7-19-17(14)16/h4,6-7,11-13,22-23H,3,5,8-10H2,1-2H3,(H2,20,21,24). The van der Waals surface area contributed by atoms with Crippen LogP contribution in [-0.4, -0.2) is 49.0 Å². The molecule has 0 aliphatic carbocycles. The number of fused-ring (bicyclic) bond motifs is 1. The van der Waals surface area contributed by atoms with Crippen LogP contribution >= 0.6 is 0 Å². The third-order valence-electron chi connectivity index (χ3n) is 3.81. The average molecular weight is 346 g/mol. The number of hydrogen-bond acceptors (Lipinski definition) is 5. The van der Waals surface area contributed by atoms with E-state index < -0.39 is 0 Å². The number of nitrogens with one attached hydrogen (secondary N) is 3. The molecule has 7 heteroatoms. The zero-order chi connectivity index (χ0) is 18.1. The number of aliphatic hydroxyl groups is 1. The minimum absolute atomic E-state index is 0.0586. The van der Waals surface area contributed by atoms with Crippen molar-refractivity contribution >= 4 is 22.6 Å². The van der Waals surface area contributed by atoms with E-state index in [9.17, 15) is 4.79 Å². The van der Waals surface area contributed by atoms with Crippen molar-refractivity contribution in [2.24, 2.45) is 0 Å². The van der Waals surface area contributed by atoms with Crippen molar-refractivity contribution in [2.45, 2.75) is 25.8 Å². The molecule has 0 saturated carbocycles. The third kappa shape index (κ3) is 5.79. The fourth-order valence-corrected chi connectivity index (χ4v) is 2.57. The number of anilines is 1. The van der Waals surface area contributed by atoms with Crippen molar-refractivity contribution in [2.75, 3.05) is 32.1 Å². The number of aromatic nitrogens is 1. The monoisotopic (exact) mass is 346 g/mol. The van der Waals surface area contributed by atoms with Crippen LogP contribution < -0.4 is 20.7 Å². The fourth-order valence-electron chi connectivity index (χ4n) is 2.57. The molecule has 2 aromatic rings. The molecule has 0 aliphatic rings. The summed E-state index contributed by atoms with van der Waals surface area (Å²) in [6, 6.07) is 7.80. The van der Waals surface area contributed by atoms with E-state index in [0.29, 0.717) is 6.54 Å². The number of amides is 2. The Kier molecular flexibility index (Phi) is 7.28. The van der Waals surface area contributed by atoms with E-state index in [-0.39, 0.29) is 25.2 Å². The maximum atomic E-state index is 11.4. The molecule has 1 atom stereocenters. The van der Waals surface area contributed by atoms with Crippen LogP contribution in [0.3, 0.4) is 0 Å². The number of aliphatic hydroxyl groups excluding tert-OH is 1. The highest BCUT2D eigenvalue weighted by molar-refractivity contribution is 5.91. The molecule has 0 bridgehead atoms. The van der Waals surface area contributed by atoms with Crippen LogP contribution in [0.2, 0.25) is 0 Å². The second-order valence-corrected chi connectivity index (χ2v) is 5.84. The molecule has 136 valence electrons. The lowest BCUT2D eigenvalue weighted by molar-refractivity contribution is 0.234. The second kappa shape index (κ2) is 9.68. The lowest BCUT2D eigenvalue weighted by Crippen LogP contribution is -2.37. The largest absolute Gasteiger partial charge is 0.497 e. The summed E-state index contributed by atoms with van der Waals surface area (Å²) in [5, 5.41) is 18.5. The number of ether oxygens (including phenoxy) is 1. The smallest absolute Gasteiger partial charge is 0.314 e. The summed E-state index contributed by atoms with van der Waals surface area (Å²) >= 11 is 0. The Morgan fingerprint density at radius 2 is 2.12 bits per heavy atom. The molecule has 1 aromatic carbocycles. The Morgan fingerprint density at radius 3 is 2.88 bits per heavy atom. The Bertz CT molecular complexity index is 693. The van der Waals surface area contributed by atoms with Gasteiger partial charge < -0.3 is 25.8 Å². The maximum Gasteiger partial charge on any atom is 0.314 e. The highest BCUT2D eigenvalue weighted by atomic mass is 16.5. The molecular weight excluding hydrogens is 320 g/mol. The van der Waals surface area contributed by atoms with Crippen LogP contribution in [0.25, 0.3) is 10.9 Å². The number of carbonyl (C=O) groups is 1. The Hall–Kier alpha value is -2.54. The normalized spacial score (nSPS) is 11.8. The number of benzene rings is 1. The van der Waals surface area contributed by atoms with Crippen LogP contribution in [0, 0.1) is 0 Å². The molecular formula is C18H26N4O3. The average Bonchev–Trinajstić information content (AvgIpc) is 2.63. The molecule has 2 amide bonds. The van der Waals surface area contributed by atoms with Gasteiger partial charge in [-0.3, -0.25) is 4.98 Å². The molecule has 7 nitrogen and oxygen atoms in total. The number of urea groups is 1. The highest BCUT2D eigenvalue weighted by Gasteiger charge is 2.09. The lowest BCUT2D eigenvalue weighted by atomic mass is 10.1. The first kappa shape index (κ1) is 18.8. The molecule has 25 heavy (non-hydrogen) atoms. The van der Waals surface area contributed by atoms with Gasteiger partial charge in [0.2, 0.25) is 0 Å². The molecule has 2 rings (SSSR count). The Balaban J connectivity index is 1.87. The summed E-state index contributed by atoms with van der Waals surface area (Å²) in [7, 11) is 1.65. The molecule has 0 saturated heterocycles. The maximum absolute atomic E-state index is 11.4. The van der Waals surface area contributed by atoms with Crippen LogP contribution in [-0.2, 0) is 0 Å². The van der Waals surface area contributed by atoms with Crippen molar-refractivity contribution < 1.29 is 14.6 Å². The quantitative estimate of drug-likeness (QED) is 0.522. The van der Waals surface area contributed by atoms with Crippen molar-refractivity contribution in [3.05, 3.63) is 30.5 Å². The molecule has 1 heterocycles. The van der Waals surface area contributed by atoms with E-state index in [4.69, 9.17) is 9.84 Å². The molecule has 1 aromatic heterocycles. The third-order valence-corrected chi connectivity index (χ3v) is 3.81. The first-order chi connectivity index (χ1) is 12.1. The van der Waals surface area contributed by atoms with Gasteiger partial charge in [-0.15, -0.1) is 0 Å². The number of nitrogens with zero attached hydrogens (tertiary/aromatic N) is 1. The van der Waals surface area contributed by atoms with Crippen LogP contribution in [0.5, 0.6) is 5.75 Å². The summed E-state index contributed by atoms with van der Waals surface area (Å²) in [6.45, 7) is 2.89. The first-order valence-electron chi connectivity index (χ1n) is 8.46. The molecule has 4 N–H and O–H groups in total. The van der Waals surface area contributed by atoms with Gasteiger partial charge in [-0.25, -0.2) is 4.79 Å². The van der Waals surface area contributed by atoms with E-state index in [1.165, 1.54) is 0 Å². The number of hydrogen-bond donors (Lipinski definition) is 4. The van der Waals surface area contributed by atoms with Gasteiger partial charge in [-0.05, 0) is 31.9 Å². The Morgan fingerprint density at radius 1 is 1.32 bits per heavy atom. The van der Waals surface area contributed by atoms with E-state index in [2.05, 4.69) is 27.9 Å². The lowest BCUT2D eigenvalue weighted by Gasteiger charge is -2.17. The predicted octanol–water partition coefficient (Wildman–Crippen LogP) is 2.12. The summed E-state index contributed by atoms with van der Waals surface area (Å²) in [5.74, 6) is 0.789. The number of rotatable bonds is 9. The zero-order valence-electron chi connectivity index (χ0n) is 14.7. The van der Waals surface area contributed by atoms with Gasteiger partial charge in [0.05, 0.1) is 24.9 Å². The van der Waals surface area contributed by atoms with Gasteiger partial charge in [0.25, 0.3) is 0 Å². The van der Waals surface area contributed by atoms with E-state index in [1.807, 2.05) is 24.3 Å². The van der Waals surface area contributed by atoms with Crippen molar-refractivity contribution in [3.8, 4) is 5.75 Å². The SMILES string of the molecule is COc1cc(NC(C)CCCNC(=O)NCCO)c2ncccc2c1. The van der Waals surface area contributed by atoms with Gasteiger partial charge in [0.1, 0.15) is 5.75 Å². The van der Waals surface area contributed by atoms with Crippen molar-refractivity contribution in [1.82, 2.24) is 15.6 Å². The topological polar surface area (TPSA) is 95.5 Å². The summed E-state index contributed by atoms with van der Waals surface area (Å²) < 4.78 is 5.36. The highest BCUT2D eigenvalue weighted by Crippen LogP contribution is 2.28. The van der Waals surface area contributed by atoms with Gasteiger partial charge in [0.15, 0.2) is 0 Å².